The normalized spacial score (nSPS) is 11.0. The van der Waals surface area contributed by atoms with Crippen LogP contribution in [0.3, 0.4) is 0 Å². The van der Waals surface area contributed by atoms with Crippen molar-refractivity contribution >= 4 is 22.7 Å². The predicted octanol–water partition coefficient (Wildman–Crippen LogP) is 4.02. The fraction of sp³-hybridized carbons (Fsp3) is 0.222. The van der Waals surface area contributed by atoms with Crippen LogP contribution in [0.1, 0.15) is 18.1 Å². The van der Waals surface area contributed by atoms with Crippen LogP contribution in [0, 0.1) is 6.92 Å². The number of aryl methyl sites for hydroxylation is 1. The monoisotopic (exact) mass is 310 g/mol. The molecule has 0 amide bonds. The maximum Gasteiger partial charge on any atom is 0.262 e. The Morgan fingerprint density at radius 3 is 2.55 bits per heavy atom. The number of hydrogen-bond donors (Lipinski definition) is 0. The Morgan fingerprint density at radius 1 is 1.09 bits per heavy atom. The number of aromatic nitrogens is 2. The van der Waals surface area contributed by atoms with Crippen molar-refractivity contribution in [3.05, 3.63) is 70.0 Å². The molecule has 3 nitrogen and oxygen atoms in total. The lowest BCUT2D eigenvalue weighted by Gasteiger charge is -2.11. The van der Waals surface area contributed by atoms with Gasteiger partial charge in [0.15, 0.2) is 5.16 Å². The van der Waals surface area contributed by atoms with Crippen molar-refractivity contribution in [3.8, 4) is 0 Å². The molecule has 0 radical (unpaired) electrons. The molecule has 4 heteroatoms. The summed E-state index contributed by atoms with van der Waals surface area (Å²) in [5.74, 6) is 0.811. The molecule has 0 saturated carbocycles. The summed E-state index contributed by atoms with van der Waals surface area (Å²) in [5, 5.41) is 1.47. The first-order valence-electron chi connectivity index (χ1n) is 7.37. The van der Waals surface area contributed by atoms with Crippen LogP contribution in [-0.4, -0.2) is 9.55 Å². The highest BCUT2D eigenvalue weighted by Crippen LogP contribution is 2.22. The first-order valence-corrected chi connectivity index (χ1v) is 8.35. The molecular weight excluding hydrogens is 292 g/mol. The molecule has 3 aromatic rings. The van der Waals surface area contributed by atoms with E-state index in [1.54, 1.807) is 16.3 Å². The average molecular weight is 310 g/mol. The Kier molecular flexibility index (Phi) is 4.29. The van der Waals surface area contributed by atoms with Crippen LogP contribution in [-0.2, 0) is 12.3 Å². The molecule has 22 heavy (non-hydrogen) atoms. The van der Waals surface area contributed by atoms with Gasteiger partial charge in [0, 0.05) is 12.3 Å². The zero-order valence-corrected chi connectivity index (χ0v) is 13.6. The summed E-state index contributed by atoms with van der Waals surface area (Å²) >= 11 is 1.61. The topological polar surface area (TPSA) is 34.9 Å². The summed E-state index contributed by atoms with van der Waals surface area (Å²) in [6.45, 7) is 4.69. The Morgan fingerprint density at radius 2 is 1.82 bits per heavy atom. The molecule has 0 saturated heterocycles. The summed E-state index contributed by atoms with van der Waals surface area (Å²) in [4.78, 5) is 17.2. The first-order chi connectivity index (χ1) is 10.7. The molecule has 0 aliphatic heterocycles. The van der Waals surface area contributed by atoms with Crippen LogP contribution in [0.5, 0.6) is 0 Å². The number of para-hydroxylation sites is 1. The van der Waals surface area contributed by atoms with Gasteiger partial charge >= 0.3 is 0 Å². The van der Waals surface area contributed by atoms with Gasteiger partial charge in [-0.3, -0.25) is 9.36 Å². The van der Waals surface area contributed by atoms with E-state index in [0.717, 1.165) is 16.4 Å². The molecule has 1 aromatic heterocycles. The van der Waals surface area contributed by atoms with Crippen molar-refractivity contribution in [1.82, 2.24) is 9.55 Å². The lowest BCUT2D eigenvalue weighted by atomic mass is 10.2. The number of rotatable bonds is 4. The van der Waals surface area contributed by atoms with E-state index in [1.165, 1.54) is 11.1 Å². The molecule has 112 valence electrons. The van der Waals surface area contributed by atoms with Gasteiger partial charge in [0.05, 0.1) is 10.9 Å². The van der Waals surface area contributed by atoms with E-state index < -0.39 is 0 Å². The molecule has 0 unspecified atom stereocenters. The fourth-order valence-corrected chi connectivity index (χ4v) is 3.39. The van der Waals surface area contributed by atoms with Crippen molar-refractivity contribution in [1.29, 1.82) is 0 Å². The van der Waals surface area contributed by atoms with Gasteiger partial charge in [0.25, 0.3) is 5.56 Å². The van der Waals surface area contributed by atoms with Crippen molar-refractivity contribution < 1.29 is 0 Å². The highest BCUT2D eigenvalue weighted by atomic mass is 32.2. The Balaban J connectivity index is 1.95. The predicted molar refractivity (Wildman–Crippen MR) is 92.4 cm³/mol. The molecule has 0 fully saturated rings. The van der Waals surface area contributed by atoms with E-state index in [0.29, 0.717) is 11.9 Å². The molecular formula is C18H18N2OS. The molecule has 0 spiro atoms. The van der Waals surface area contributed by atoms with Gasteiger partial charge in [0.2, 0.25) is 0 Å². The van der Waals surface area contributed by atoms with Crippen LogP contribution < -0.4 is 5.56 Å². The van der Waals surface area contributed by atoms with Gasteiger partial charge in [-0.2, -0.15) is 0 Å². The standard InChI is InChI=1S/C18H18N2OS/c1-3-20-17(21)15-6-4-5-7-16(15)19-18(20)22-12-14-10-8-13(2)9-11-14/h4-11H,3,12H2,1-2H3. The summed E-state index contributed by atoms with van der Waals surface area (Å²) < 4.78 is 1.75. The molecule has 0 aliphatic rings. The molecule has 1 heterocycles. The van der Waals surface area contributed by atoms with Gasteiger partial charge in [-0.05, 0) is 31.5 Å². The SMILES string of the molecule is CCn1c(SCc2ccc(C)cc2)nc2ccccc2c1=O. The Bertz CT molecular complexity index is 853. The third-order valence-corrected chi connectivity index (χ3v) is 4.68. The molecule has 0 bridgehead atoms. The van der Waals surface area contributed by atoms with E-state index in [2.05, 4.69) is 36.2 Å². The van der Waals surface area contributed by atoms with Gasteiger partial charge in [-0.25, -0.2) is 4.98 Å². The zero-order chi connectivity index (χ0) is 15.5. The van der Waals surface area contributed by atoms with Crippen molar-refractivity contribution in [2.45, 2.75) is 31.3 Å². The van der Waals surface area contributed by atoms with Crippen LogP contribution in [0.25, 0.3) is 10.9 Å². The fourth-order valence-electron chi connectivity index (χ4n) is 2.37. The minimum atomic E-state index is 0.0412. The van der Waals surface area contributed by atoms with E-state index >= 15 is 0 Å². The molecule has 0 N–H and O–H groups in total. The van der Waals surface area contributed by atoms with Crippen molar-refractivity contribution in [3.63, 3.8) is 0 Å². The Hall–Kier alpha value is -2.07. The largest absolute Gasteiger partial charge is 0.287 e. The third-order valence-electron chi connectivity index (χ3n) is 3.63. The molecule has 0 aliphatic carbocycles. The highest BCUT2D eigenvalue weighted by Gasteiger charge is 2.10. The minimum absolute atomic E-state index is 0.0412. The quantitative estimate of drug-likeness (QED) is 0.539. The van der Waals surface area contributed by atoms with Crippen LogP contribution in [0.15, 0.2) is 58.5 Å². The summed E-state index contributed by atoms with van der Waals surface area (Å²) in [7, 11) is 0. The number of nitrogens with zero attached hydrogens (tertiary/aromatic N) is 2. The lowest BCUT2D eigenvalue weighted by molar-refractivity contribution is 0.634. The second-order valence-corrected chi connectivity index (χ2v) is 6.18. The van der Waals surface area contributed by atoms with E-state index in [4.69, 9.17) is 0 Å². The second-order valence-electron chi connectivity index (χ2n) is 5.24. The number of benzene rings is 2. The number of hydrogen-bond acceptors (Lipinski definition) is 3. The summed E-state index contributed by atoms with van der Waals surface area (Å²) in [6.07, 6.45) is 0. The summed E-state index contributed by atoms with van der Waals surface area (Å²) in [6, 6.07) is 16.0. The van der Waals surface area contributed by atoms with E-state index in [-0.39, 0.29) is 5.56 Å². The third kappa shape index (κ3) is 2.92. The van der Waals surface area contributed by atoms with E-state index in [1.807, 2.05) is 31.2 Å². The minimum Gasteiger partial charge on any atom is -0.287 e. The maximum atomic E-state index is 12.5. The summed E-state index contributed by atoms with van der Waals surface area (Å²) in [5.41, 5.74) is 3.30. The van der Waals surface area contributed by atoms with Crippen LogP contribution >= 0.6 is 11.8 Å². The number of fused-ring (bicyclic) bond motifs is 1. The van der Waals surface area contributed by atoms with Gasteiger partial charge in [-0.1, -0.05) is 53.7 Å². The van der Waals surface area contributed by atoms with Gasteiger partial charge in [0.1, 0.15) is 0 Å². The number of thioether (sulfide) groups is 1. The highest BCUT2D eigenvalue weighted by molar-refractivity contribution is 7.98. The Labute approximate surface area is 134 Å². The first kappa shape index (κ1) is 14.9. The van der Waals surface area contributed by atoms with Crippen LogP contribution in [0.2, 0.25) is 0 Å². The maximum absolute atomic E-state index is 12.5. The van der Waals surface area contributed by atoms with Crippen LogP contribution in [0.4, 0.5) is 0 Å². The van der Waals surface area contributed by atoms with Crippen molar-refractivity contribution in [2.75, 3.05) is 0 Å². The molecule has 3 rings (SSSR count). The van der Waals surface area contributed by atoms with Gasteiger partial charge < -0.3 is 0 Å². The van der Waals surface area contributed by atoms with Gasteiger partial charge in [-0.15, -0.1) is 0 Å². The van der Waals surface area contributed by atoms with Crippen molar-refractivity contribution in [2.24, 2.45) is 0 Å². The average Bonchev–Trinajstić information content (AvgIpc) is 2.54. The molecule has 0 atom stereocenters. The second kappa shape index (κ2) is 6.36. The zero-order valence-electron chi connectivity index (χ0n) is 12.7. The smallest absolute Gasteiger partial charge is 0.262 e. The van der Waals surface area contributed by atoms with E-state index in [9.17, 15) is 4.79 Å². The molecule has 2 aromatic carbocycles. The lowest BCUT2D eigenvalue weighted by Crippen LogP contribution is -2.22.